The molecule has 1 saturated heterocycles. The molecule has 1 fully saturated rings. The van der Waals surface area contributed by atoms with Crippen LogP contribution in [0.15, 0.2) is 35.3 Å². The highest BCUT2D eigenvalue weighted by molar-refractivity contribution is 9.10. The Hall–Kier alpha value is 0.230. The van der Waals surface area contributed by atoms with Crippen molar-refractivity contribution in [2.45, 2.75) is 6.04 Å². The average molecular weight is 389 g/mol. The van der Waals surface area contributed by atoms with Crippen molar-refractivity contribution in [3.63, 3.8) is 0 Å². The van der Waals surface area contributed by atoms with Gasteiger partial charge in [0.05, 0.1) is 6.04 Å². The number of hydrogen-bond acceptors (Lipinski definition) is 2. The molecule has 1 heterocycles. The monoisotopic (exact) mass is 386 g/mol. The van der Waals surface area contributed by atoms with Gasteiger partial charge in [0.1, 0.15) is 0 Å². The summed E-state index contributed by atoms with van der Waals surface area (Å²) in [5.74, 6) is 0. The normalized spacial score (nSPS) is 16.9. The van der Waals surface area contributed by atoms with Gasteiger partial charge >= 0.3 is 0 Å². The Morgan fingerprint density at radius 1 is 1.32 bits per heavy atom. The summed E-state index contributed by atoms with van der Waals surface area (Å²) in [4.78, 5) is 2.42. The molecule has 1 aliphatic rings. The molecule has 0 aliphatic carbocycles. The van der Waals surface area contributed by atoms with Crippen LogP contribution in [0.3, 0.4) is 0 Å². The molecule has 0 unspecified atom stereocenters. The van der Waals surface area contributed by atoms with Crippen molar-refractivity contribution in [3.05, 3.63) is 45.9 Å². The molecule has 0 spiro atoms. The lowest BCUT2D eigenvalue weighted by Gasteiger charge is -2.34. The minimum absolute atomic E-state index is 0. The molecule has 2 rings (SSSR count). The van der Waals surface area contributed by atoms with E-state index in [1.807, 2.05) is 24.3 Å². The van der Waals surface area contributed by atoms with E-state index in [9.17, 15) is 0 Å². The third-order valence-corrected chi connectivity index (χ3v) is 4.00. The lowest BCUT2D eigenvalue weighted by molar-refractivity contribution is 0.203. The van der Waals surface area contributed by atoms with E-state index in [0.29, 0.717) is 0 Å². The van der Waals surface area contributed by atoms with Crippen LogP contribution in [-0.4, -0.2) is 31.1 Å². The summed E-state index contributed by atoms with van der Waals surface area (Å²) in [7, 11) is 0. The molecular weight excluding hydrogens is 370 g/mol. The van der Waals surface area contributed by atoms with Crippen molar-refractivity contribution in [3.8, 4) is 0 Å². The largest absolute Gasteiger partial charge is 0.314 e. The first-order valence-corrected chi connectivity index (χ1v) is 6.91. The van der Waals surface area contributed by atoms with Crippen LogP contribution in [0, 0.1) is 0 Å². The highest BCUT2D eigenvalue weighted by Gasteiger charge is 2.21. The predicted molar refractivity (Wildman–Crippen MR) is 91.0 cm³/mol. The van der Waals surface area contributed by atoms with Crippen LogP contribution in [0.4, 0.5) is 0 Å². The van der Waals surface area contributed by atoms with Crippen LogP contribution in [-0.2, 0) is 0 Å². The van der Waals surface area contributed by atoms with E-state index in [1.165, 1.54) is 5.56 Å². The first-order chi connectivity index (χ1) is 8.22. The molecule has 0 saturated carbocycles. The molecular formula is C13H18BrCl3N2. The Kier molecular flexibility index (Phi) is 9.33. The zero-order valence-electron chi connectivity index (χ0n) is 10.4. The number of nitrogens with zero attached hydrogens (tertiary/aromatic N) is 1. The van der Waals surface area contributed by atoms with Gasteiger partial charge in [-0.15, -0.1) is 31.4 Å². The first-order valence-electron chi connectivity index (χ1n) is 5.74. The zero-order valence-corrected chi connectivity index (χ0v) is 14.4. The van der Waals surface area contributed by atoms with Crippen LogP contribution >= 0.6 is 52.3 Å². The summed E-state index contributed by atoms with van der Waals surface area (Å²) in [5, 5.41) is 4.13. The molecule has 1 N–H and O–H groups in total. The fourth-order valence-corrected chi connectivity index (χ4v) is 2.84. The highest BCUT2D eigenvalue weighted by Crippen LogP contribution is 2.31. The van der Waals surface area contributed by atoms with Gasteiger partial charge in [0.25, 0.3) is 0 Å². The van der Waals surface area contributed by atoms with Crippen molar-refractivity contribution < 1.29 is 0 Å². The fraction of sp³-hybridized carbons (Fsp3) is 0.385. The van der Waals surface area contributed by atoms with E-state index in [2.05, 4.69) is 32.7 Å². The van der Waals surface area contributed by atoms with E-state index in [0.717, 1.165) is 35.7 Å². The van der Waals surface area contributed by atoms with Crippen LogP contribution in [0.5, 0.6) is 0 Å². The molecule has 6 heteroatoms. The van der Waals surface area contributed by atoms with Gasteiger partial charge in [0.15, 0.2) is 0 Å². The molecule has 0 bridgehead atoms. The molecule has 2 nitrogen and oxygen atoms in total. The van der Waals surface area contributed by atoms with Crippen molar-refractivity contribution >= 4 is 52.3 Å². The minimum Gasteiger partial charge on any atom is -0.314 e. The number of halogens is 4. The summed E-state index contributed by atoms with van der Waals surface area (Å²) >= 11 is 9.66. The van der Waals surface area contributed by atoms with E-state index < -0.39 is 0 Å². The summed E-state index contributed by atoms with van der Waals surface area (Å²) in [6, 6.07) is 6.13. The van der Waals surface area contributed by atoms with Gasteiger partial charge < -0.3 is 5.32 Å². The molecule has 0 amide bonds. The number of rotatable bonds is 3. The first kappa shape index (κ1) is 19.2. The van der Waals surface area contributed by atoms with Crippen LogP contribution in [0.2, 0.25) is 5.02 Å². The molecule has 108 valence electrons. The standard InChI is InChI=1S/C13H16BrClN2.2ClH/c1-2-13(17-7-5-16-6-8-17)11-9-10(15)3-4-12(11)14;;/h2-4,9,13,16H,1,5-8H2;2*1H/t13-;;/m1../s1. The Morgan fingerprint density at radius 3 is 2.53 bits per heavy atom. The lowest BCUT2D eigenvalue weighted by Crippen LogP contribution is -2.44. The Bertz CT molecular complexity index is 409. The molecule has 1 aliphatic heterocycles. The van der Waals surface area contributed by atoms with E-state index >= 15 is 0 Å². The van der Waals surface area contributed by atoms with E-state index in [4.69, 9.17) is 11.6 Å². The Balaban J connectivity index is 0.00000162. The maximum Gasteiger partial charge on any atom is 0.0541 e. The number of piperazine rings is 1. The van der Waals surface area contributed by atoms with Gasteiger partial charge in [-0.25, -0.2) is 0 Å². The molecule has 1 atom stereocenters. The van der Waals surface area contributed by atoms with Gasteiger partial charge in [0, 0.05) is 35.7 Å². The number of benzene rings is 1. The van der Waals surface area contributed by atoms with Gasteiger partial charge in [-0.1, -0.05) is 33.6 Å². The van der Waals surface area contributed by atoms with Crippen molar-refractivity contribution in [2.24, 2.45) is 0 Å². The summed E-state index contributed by atoms with van der Waals surface area (Å²) in [6.07, 6.45) is 1.99. The van der Waals surface area contributed by atoms with Gasteiger partial charge in [-0.3, -0.25) is 4.90 Å². The van der Waals surface area contributed by atoms with Gasteiger partial charge in [-0.2, -0.15) is 0 Å². The zero-order chi connectivity index (χ0) is 12.3. The van der Waals surface area contributed by atoms with E-state index in [1.54, 1.807) is 0 Å². The van der Waals surface area contributed by atoms with Crippen molar-refractivity contribution in [1.82, 2.24) is 10.2 Å². The minimum atomic E-state index is 0. The second-order valence-electron chi connectivity index (χ2n) is 4.13. The summed E-state index contributed by atoms with van der Waals surface area (Å²) in [6.45, 7) is 8.09. The quantitative estimate of drug-likeness (QED) is 0.785. The third-order valence-electron chi connectivity index (χ3n) is 3.04. The second-order valence-corrected chi connectivity index (χ2v) is 5.42. The highest BCUT2D eigenvalue weighted by atomic mass is 79.9. The third kappa shape index (κ3) is 4.92. The SMILES string of the molecule is C=C[C@H](c1cc(Cl)ccc1Br)N1CCNCC1.Cl.Cl. The second kappa shape index (κ2) is 9.22. The lowest BCUT2D eigenvalue weighted by atomic mass is 10.0. The maximum atomic E-state index is 6.07. The predicted octanol–water partition coefficient (Wildman–Crippen LogP) is 4.08. The smallest absolute Gasteiger partial charge is 0.0541 e. The molecule has 19 heavy (non-hydrogen) atoms. The van der Waals surface area contributed by atoms with Crippen LogP contribution < -0.4 is 5.32 Å². The topological polar surface area (TPSA) is 15.3 Å². The van der Waals surface area contributed by atoms with Crippen molar-refractivity contribution in [1.29, 1.82) is 0 Å². The summed E-state index contributed by atoms with van der Waals surface area (Å²) < 4.78 is 1.09. The van der Waals surface area contributed by atoms with Crippen LogP contribution in [0.25, 0.3) is 0 Å². The Morgan fingerprint density at radius 2 is 1.95 bits per heavy atom. The van der Waals surface area contributed by atoms with Crippen LogP contribution in [0.1, 0.15) is 11.6 Å². The molecule has 1 aromatic carbocycles. The van der Waals surface area contributed by atoms with E-state index in [-0.39, 0.29) is 30.9 Å². The Labute approximate surface area is 140 Å². The molecule has 0 aromatic heterocycles. The maximum absolute atomic E-state index is 6.07. The summed E-state index contributed by atoms with van der Waals surface area (Å²) in [5.41, 5.74) is 1.19. The van der Waals surface area contributed by atoms with Gasteiger partial charge in [-0.05, 0) is 23.8 Å². The fourth-order valence-electron chi connectivity index (χ4n) is 2.17. The number of hydrogen-bond donors (Lipinski definition) is 1. The molecule has 1 aromatic rings. The van der Waals surface area contributed by atoms with Crippen molar-refractivity contribution in [2.75, 3.05) is 26.2 Å². The van der Waals surface area contributed by atoms with Gasteiger partial charge in [0.2, 0.25) is 0 Å². The molecule has 0 radical (unpaired) electrons. The number of nitrogens with one attached hydrogen (secondary N) is 1. The average Bonchev–Trinajstić information content (AvgIpc) is 2.36.